The number of aliphatic imine (C=N–C) groups is 1. The van der Waals surface area contributed by atoms with Crippen molar-refractivity contribution in [1.29, 1.82) is 0 Å². The number of ether oxygens (including phenoxy) is 3. The van der Waals surface area contributed by atoms with Crippen molar-refractivity contribution in [1.82, 2.24) is 5.32 Å². The zero-order valence-corrected chi connectivity index (χ0v) is 20.2. The van der Waals surface area contributed by atoms with Crippen LogP contribution in [0.25, 0.3) is 0 Å². The van der Waals surface area contributed by atoms with Crippen molar-refractivity contribution in [2.24, 2.45) is 4.99 Å². The number of hydrogen-bond donors (Lipinski definition) is 3. The fourth-order valence-electron chi connectivity index (χ4n) is 2.56. The van der Waals surface area contributed by atoms with E-state index < -0.39 is 17.8 Å². The molecular weight excluding hydrogens is 542 g/mol. The van der Waals surface area contributed by atoms with E-state index in [1.165, 1.54) is 19.2 Å². The number of benzene rings is 2. The number of anilines is 1. The largest absolute Gasteiger partial charge is 0.493 e. The van der Waals surface area contributed by atoms with Gasteiger partial charge in [0.05, 0.1) is 26.3 Å². The Morgan fingerprint density at radius 3 is 2.44 bits per heavy atom. The predicted octanol–water partition coefficient (Wildman–Crippen LogP) is 4.16. The van der Waals surface area contributed by atoms with Gasteiger partial charge in [0.1, 0.15) is 18.5 Å². The van der Waals surface area contributed by atoms with Gasteiger partial charge < -0.3 is 30.0 Å². The summed E-state index contributed by atoms with van der Waals surface area (Å²) in [5.74, 6) is 1.55. The van der Waals surface area contributed by atoms with Crippen molar-refractivity contribution in [3.8, 4) is 17.2 Å². The van der Waals surface area contributed by atoms with E-state index >= 15 is 0 Å². The molecule has 0 fully saturated rings. The van der Waals surface area contributed by atoms with Gasteiger partial charge in [-0.3, -0.25) is 4.99 Å². The van der Waals surface area contributed by atoms with Crippen LogP contribution in [0.3, 0.4) is 0 Å². The molecule has 1 unspecified atom stereocenters. The van der Waals surface area contributed by atoms with Gasteiger partial charge in [-0.05, 0) is 37.3 Å². The number of aliphatic hydroxyl groups excluding tert-OH is 1. The molecule has 0 aliphatic carbocycles. The van der Waals surface area contributed by atoms with Gasteiger partial charge in [0.2, 0.25) is 0 Å². The molecule has 2 rings (SSSR count). The molecule has 1 atom stereocenters. The van der Waals surface area contributed by atoms with Crippen LogP contribution in [0.4, 0.5) is 18.9 Å². The van der Waals surface area contributed by atoms with Crippen molar-refractivity contribution in [2.45, 2.75) is 19.2 Å². The van der Waals surface area contributed by atoms with E-state index in [4.69, 9.17) is 14.2 Å². The summed E-state index contributed by atoms with van der Waals surface area (Å²) in [6.45, 7) is 2.23. The standard InChI is InChI=1S/C21H26F3N3O4.HI/c1-4-25-20(27-15-8-9-18(29-2)19(11-15)30-3)26-12-16(28)13-31-17-7-5-6-14(10-17)21(22,23)24;/h5-11,16,28H,4,12-13H2,1-3H3,(H2,25,26,27);1H. The van der Waals surface area contributed by atoms with Crippen LogP contribution >= 0.6 is 24.0 Å². The molecule has 178 valence electrons. The maximum Gasteiger partial charge on any atom is 0.416 e. The van der Waals surface area contributed by atoms with Crippen LogP contribution < -0.4 is 24.8 Å². The van der Waals surface area contributed by atoms with Crippen LogP contribution in [-0.4, -0.2) is 51.1 Å². The van der Waals surface area contributed by atoms with Gasteiger partial charge in [0.25, 0.3) is 0 Å². The number of guanidine groups is 1. The molecule has 11 heteroatoms. The first-order valence-electron chi connectivity index (χ1n) is 9.52. The number of alkyl halides is 3. The van der Waals surface area contributed by atoms with E-state index in [9.17, 15) is 18.3 Å². The highest BCUT2D eigenvalue weighted by molar-refractivity contribution is 14.0. The van der Waals surface area contributed by atoms with Crippen LogP contribution in [0.1, 0.15) is 12.5 Å². The second-order valence-corrected chi connectivity index (χ2v) is 6.40. The first kappa shape index (κ1) is 27.6. The third kappa shape index (κ3) is 8.61. The second kappa shape index (κ2) is 13.2. The van der Waals surface area contributed by atoms with Gasteiger partial charge in [-0.1, -0.05) is 6.07 Å². The van der Waals surface area contributed by atoms with E-state index in [0.717, 1.165) is 12.1 Å². The lowest BCUT2D eigenvalue weighted by Crippen LogP contribution is -2.32. The average molecular weight is 569 g/mol. The van der Waals surface area contributed by atoms with Gasteiger partial charge in [-0.2, -0.15) is 13.2 Å². The molecule has 0 amide bonds. The molecule has 0 radical (unpaired) electrons. The van der Waals surface area contributed by atoms with Crippen LogP contribution in [0, 0.1) is 0 Å². The average Bonchev–Trinajstić information content (AvgIpc) is 2.75. The molecule has 2 aromatic carbocycles. The molecule has 0 bridgehead atoms. The van der Waals surface area contributed by atoms with Crippen molar-refractivity contribution >= 4 is 35.6 Å². The minimum atomic E-state index is -4.46. The topological polar surface area (TPSA) is 84.3 Å². The summed E-state index contributed by atoms with van der Waals surface area (Å²) < 4.78 is 54.1. The Kier molecular flexibility index (Phi) is 11.4. The monoisotopic (exact) mass is 569 g/mol. The zero-order chi connectivity index (χ0) is 22.9. The molecule has 7 nitrogen and oxygen atoms in total. The fraction of sp³-hybridized carbons (Fsp3) is 0.381. The van der Waals surface area contributed by atoms with Crippen molar-refractivity contribution in [2.75, 3.05) is 39.2 Å². The number of methoxy groups -OCH3 is 2. The van der Waals surface area contributed by atoms with Crippen LogP contribution in [-0.2, 0) is 6.18 Å². The molecule has 0 aliphatic heterocycles. The Hall–Kier alpha value is -2.41. The number of nitrogens with zero attached hydrogens (tertiary/aromatic N) is 1. The van der Waals surface area contributed by atoms with E-state index in [2.05, 4.69) is 15.6 Å². The summed E-state index contributed by atoms with van der Waals surface area (Å²) in [5.41, 5.74) is -0.127. The molecule has 2 aromatic rings. The first-order valence-corrected chi connectivity index (χ1v) is 9.52. The maximum absolute atomic E-state index is 12.8. The summed E-state index contributed by atoms with van der Waals surface area (Å²) in [7, 11) is 3.07. The molecule has 3 N–H and O–H groups in total. The Labute approximate surface area is 202 Å². The number of nitrogens with one attached hydrogen (secondary N) is 2. The van der Waals surface area contributed by atoms with E-state index in [0.29, 0.717) is 29.7 Å². The van der Waals surface area contributed by atoms with Crippen molar-refractivity contribution in [3.05, 3.63) is 48.0 Å². The molecule has 0 aromatic heterocycles. The SMILES string of the molecule is CCNC(=NCC(O)COc1cccc(C(F)(F)F)c1)Nc1ccc(OC)c(OC)c1.I. The highest BCUT2D eigenvalue weighted by Crippen LogP contribution is 2.31. The van der Waals surface area contributed by atoms with Crippen LogP contribution in [0.2, 0.25) is 0 Å². The third-order valence-corrected chi connectivity index (χ3v) is 4.05. The van der Waals surface area contributed by atoms with Crippen LogP contribution in [0.15, 0.2) is 47.5 Å². The molecule has 0 spiro atoms. The number of rotatable bonds is 9. The predicted molar refractivity (Wildman–Crippen MR) is 128 cm³/mol. The lowest BCUT2D eigenvalue weighted by atomic mass is 10.2. The maximum atomic E-state index is 12.8. The molecule has 0 heterocycles. The lowest BCUT2D eigenvalue weighted by Gasteiger charge is -2.15. The number of halogens is 4. The molecular formula is C21H27F3IN3O4. The molecule has 0 saturated carbocycles. The summed E-state index contributed by atoms with van der Waals surface area (Å²) in [6, 6.07) is 9.74. The zero-order valence-electron chi connectivity index (χ0n) is 17.9. The summed E-state index contributed by atoms with van der Waals surface area (Å²) >= 11 is 0. The van der Waals surface area contributed by atoms with Gasteiger partial charge in [-0.15, -0.1) is 24.0 Å². The number of aliphatic hydroxyl groups is 1. The molecule has 32 heavy (non-hydrogen) atoms. The third-order valence-electron chi connectivity index (χ3n) is 4.05. The minimum Gasteiger partial charge on any atom is -0.493 e. The number of hydrogen-bond acceptors (Lipinski definition) is 5. The lowest BCUT2D eigenvalue weighted by molar-refractivity contribution is -0.137. The smallest absolute Gasteiger partial charge is 0.416 e. The molecule has 0 saturated heterocycles. The van der Waals surface area contributed by atoms with E-state index in [1.807, 2.05) is 6.92 Å². The highest BCUT2D eigenvalue weighted by Gasteiger charge is 2.30. The quantitative estimate of drug-likeness (QED) is 0.239. The van der Waals surface area contributed by atoms with Gasteiger partial charge in [0, 0.05) is 18.3 Å². The summed E-state index contributed by atoms with van der Waals surface area (Å²) in [6.07, 6.45) is -5.48. The summed E-state index contributed by atoms with van der Waals surface area (Å²) in [4.78, 5) is 4.29. The molecule has 0 aliphatic rings. The minimum absolute atomic E-state index is 0. The van der Waals surface area contributed by atoms with E-state index in [1.54, 1.807) is 25.3 Å². The Bertz CT molecular complexity index is 882. The highest BCUT2D eigenvalue weighted by atomic mass is 127. The first-order chi connectivity index (χ1) is 14.8. The van der Waals surface area contributed by atoms with Gasteiger partial charge in [0.15, 0.2) is 17.5 Å². The van der Waals surface area contributed by atoms with Crippen molar-refractivity contribution < 1.29 is 32.5 Å². The van der Waals surface area contributed by atoms with Crippen LogP contribution in [0.5, 0.6) is 17.2 Å². The second-order valence-electron chi connectivity index (χ2n) is 6.40. The fourth-order valence-corrected chi connectivity index (χ4v) is 2.56. The van der Waals surface area contributed by atoms with Crippen molar-refractivity contribution in [3.63, 3.8) is 0 Å². The summed E-state index contributed by atoms with van der Waals surface area (Å²) in [5, 5.41) is 16.3. The van der Waals surface area contributed by atoms with E-state index in [-0.39, 0.29) is 42.9 Å². The Balaban J connectivity index is 0.00000512. The van der Waals surface area contributed by atoms with Gasteiger partial charge >= 0.3 is 6.18 Å². The Morgan fingerprint density at radius 2 is 1.81 bits per heavy atom. The van der Waals surface area contributed by atoms with Gasteiger partial charge in [-0.25, -0.2) is 0 Å². The Morgan fingerprint density at radius 1 is 1.09 bits per heavy atom. The normalized spacial score (nSPS) is 12.4.